The number of likely N-dealkylation sites (tertiary alicyclic amines) is 1. The molecule has 1 aromatic heterocycles. The standard InChI is InChI=1S/C26H33N3O3/c1-18-14-23(18)24-11-10-22(32-24)16-29(21-8-9-21)17-25(30)27-15-19-4-6-20(7-5-19)26(31)28-12-2-3-13-28/h4-7,10-11,18,21,23H,2-3,8-9,12-17H2,1H3,(H,27,30). The second-order valence-electron chi connectivity index (χ2n) is 9.73. The number of benzene rings is 1. The molecule has 2 aliphatic carbocycles. The molecule has 2 heterocycles. The summed E-state index contributed by atoms with van der Waals surface area (Å²) in [6, 6.07) is 12.3. The predicted octanol–water partition coefficient (Wildman–Crippen LogP) is 3.92. The number of rotatable bonds is 9. The van der Waals surface area contributed by atoms with E-state index in [2.05, 4.69) is 29.3 Å². The topological polar surface area (TPSA) is 65.8 Å². The van der Waals surface area contributed by atoms with Crippen LogP contribution in [0.2, 0.25) is 0 Å². The molecule has 1 saturated heterocycles. The summed E-state index contributed by atoms with van der Waals surface area (Å²) >= 11 is 0. The van der Waals surface area contributed by atoms with Crippen LogP contribution in [0, 0.1) is 5.92 Å². The van der Waals surface area contributed by atoms with Crippen molar-refractivity contribution in [3.05, 3.63) is 59.0 Å². The molecule has 0 spiro atoms. The first-order valence-electron chi connectivity index (χ1n) is 12.0. The zero-order chi connectivity index (χ0) is 22.1. The van der Waals surface area contributed by atoms with Gasteiger partial charge in [0.05, 0.1) is 13.1 Å². The Morgan fingerprint density at radius 3 is 2.47 bits per heavy atom. The predicted molar refractivity (Wildman–Crippen MR) is 122 cm³/mol. The summed E-state index contributed by atoms with van der Waals surface area (Å²) in [5.74, 6) is 3.49. The van der Waals surface area contributed by atoms with Gasteiger partial charge in [0.15, 0.2) is 0 Å². The lowest BCUT2D eigenvalue weighted by Crippen LogP contribution is -2.37. The molecule has 2 saturated carbocycles. The van der Waals surface area contributed by atoms with Crippen molar-refractivity contribution in [1.29, 1.82) is 0 Å². The van der Waals surface area contributed by atoms with Crippen LogP contribution in [0.25, 0.3) is 0 Å². The van der Waals surface area contributed by atoms with Gasteiger partial charge in [-0.1, -0.05) is 19.1 Å². The van der Waals surface area contributed by atoms with Gasteiger partial charge in [0, 0.05) is 37.2 Å². The van der Waals surface area contributed by atoms with Crippen LogP contribution in [0.4, 0.5) is 0 Å². The smallest absolute Gasteiger partial charge is 0.253 e. The Kier molecular flexibility index (Phi) is 6.05. The second kappa shape index (κ2) is 9.10. The van der Waals surface area contributed by atoms with Gasteiger partial charge in [-0.25, -0.2) is 0 Å². The van der Waals surface area contributed by atoms with Crippen LogP contribution >= 0.6 is 0 Å². The van der Waals surface area contributed by atoms with E-state index in [0.717, 1.165) is 67.3 Å². The van der Waals surface area contributed by atoms with Crippen LogP contribution in [-0.4, -0.2) is 47.3 Å². The van der Waals surface area contributed by atoms with Gasteiger partial charge < -0.3 is 14.6 Å². The summed E-state index contributed by atoms with van der Waals surface area (Å²) in [7, 11) is 0. The summed E-state index contributed by atoms with van der Waals surface area (Å²) in [5.41, 5.74) is 1.73. The highest BCUT2D eigenvalue weighted by molar-refractivity contribution is 5.94. The number of hydrogen-bond acceptors (Lipinski definition) is 4. The molecule has 1 aliphatic heterocycles. The first-order chi connectivity index (χ1) is 15.6. The zero-order valence-corrected chi connectivity index (χ0v) is 18.9. The Balaban J connectivity index is 1.11. The molecule has 5 rings (SSSR count). The third kappa shape index (κ3) is 5.07. The third-order valence-corrected chi connectivity index (χ3v) is 7.01. The minimum Gasteiger partial charge on any atom is -0.464 e. The lowest BCUT2D eigenvalue weighted by Gasteiger charge is -2.20. The molecular weight excluding hydrogens is 402 g/mol. The van der Waals surface area contributed by atoms with Gasteiger partial charge in [0.1, 0.15) is 11.5 Å². The second-order valence-corrected chi connectivity index (χ2v) is 9.73. The maximum Gasteiger partial charge on any atom is 0.253 e. The average molecular weight is 436 g/mol. The normalized spacial score (nSPS) is 22.4. The molecule has 2 amide bonds. The molecule has 170 valence electrons. The number of carbonyl (C=O) groups is 2. The van der Waals surface area contributed by atoms with E-state index in [1.54, 1.807) is 0 Å². The zero-order valence-electron chi connectivity index (χ0n) is 18.9. The fourth-order valence-electron chi connectivity index (χ4n) is 4.66. The summed E-state index contributed by atoms with van der Waals surface area (Å²) in [5, 5.41) is 3.03. The molecular formula is C26H33N3O3. The molecule has 0 radical (unpaired) electrons. The minimum atomic E-state index is 0.0247. The maximum atomic E-state index is 12.6. The van der Waals surface area contributed by atoms with Gasteiger partial charge >= 0.3 is 0 Å². The fourth-order valence-corrected chi connectivity index (χ4v) is 4.66. The molecule has 3 fully saturated rings. The summed E-state index contributed by atoms with van der Waals surface area (Å²) in [6.07, 6.45) is 5.69. The Morgan fingerprint density at radius 1 is 1.09 bits per heavy atom. The van der Waals surface area contributed by atoms with E-state index >= 15 is 0 Å². The lowest BCUT2D eigenvalue weighted by atomic mass is 10.1. The lowest BCUT2D eigenvalue weighted by molar-refractivity contribution is -0.122. The highest BCUT2D eigenvalue weighted by Crippen LogP contribution is 2.47. The van der Waals surface area contributed by atoms with Gasteiger partial charge in [-0.2, -0.15) is 0 Å². The van der Waals surface area contributed by atoms with Crippen molar-refractivity contribution in [2.24, 2.45) is 5.92 Å². The highest BCUT2D eigenvalue weighted by atomic mass is 16.3. The molecule has 3 aliphatic rings. The number of amides is 2. The minimum absolute atomic E-state index is 0.0247. The summed E-state index contributed by atoms with van der Waals surface area (Å²) in [6.45, 7) is 5.51. The fraction of sp³-hybridized carbons (Fsp3) is 0.538. The van der Waals surface area contributed by atoms with E-state index in [4.69, 9.17) is 4.42 Å². The van der Waals surface area contributed by atoms with Crippen molar-refractivity contribution in [1.82, 2.24) is 15.1 Å². The van der Waals surface area contributed by atoms with Crippen molar-refractivity contribution in [3.8, 4) is 0 Å². The highest BCUT2D eigenvalue weighted by Gasteiger charge is 2.37. The van der Waals surface area contributed by atoms with Crippen LogP contribution in [0.3, 0.4) is 0 Å². The first-order valence-corrected chi connectivity index (χ1v) is 12.0. The van der Waals surface area contributed by atoms with Crippen LogP contribution in [-0.2, 0) is 17.9 Å². The van der Waals surface area contributed by atoms with Crippen molar-refractivity contribution in [2.75, 3.05) is 19.6 Å². The molecule has 2 aromatic rings. The van der Waals surface area contributed by atoms with Crippen molar-refractivity contribution >= 4 is 11.8 Å². The average Bonchev–Trinajstić information content (AvgIpc) is 3.66. The number of furan rings is 1. The number of nitrogens with zero attached hydrogens (tertiary/aromatic N) is 2. The van der Waals surface area contributed by atoms with E-state index in [1.165, 1.54) is 6.42 Å². The molecule has 32 heavy (non-hydrogen) atoms. The van der Waals surface area contributed by atoms with Gasteiger partial charge in [-0.15, -0.1) is 0 Å². The van der Waals surface area contributed by atoms with E-state index < -0.39 is 0 Å². The van der Waals surface area contributed by atoms with Crippen LogP contribution < -0.4 is 5.32 Å². The monoisotopic (exact) mass is 435 g/mol. The maximum absolute atomic E-state index is 12.6. The Labute approximate surface area is 189 Å². The van der Waals surface area contributed by atoms with Gasteiger partial charge in [0.25, 0.3) is 5.91 Å². The molecule has 1 aromatic carbocycles. The van der Waals surface area contributed by atoms with Crippen LogP contribution in [0.5, 0.6) is 0 Å². The Bertz CT molecular complexity index is 957. The van der Waals surface area contributed by atoms with E-state index in [-0.39, 0.29) is 11.8 Å². The third-order valence-electron chi connectivity index (χ3n) is 7.01. The van der Waals surface area contributed by atoms with Crippen molar-refractivity contribution in [2.45, 2.75) is 64.1 Å². The molecule has 0 bridgehead atoms. The summed E-state index contributed by atoms with van der Waals surface area (Å²) in [4.78, 5) is 29.2. The molecule has 6 heteroatoms. The van der Waals surface area contributed by atoms with Crippen LogP contribution in [0.1, 0.15) is 72.4 Å². The quantitative estimate of drug-likeness (QED) is 0.648. The van der Waals surface area contributed by atoms with E-state index in [0.29, 0.717) is 31.6 Å². The first kappa shape index (κ1) is 21.3. The largest absolute Gasteiger partial charge is 0.464 e. The number of hydrogen-bond donors (Lipinski definition) is 1. The van der Waals surface area contributed by atoms with Gasteiger partial charge in [-0.3, -0.25) is 14.5 Å². The van der Waals surface area contributed by atoms with Crippen molar-refractivity contribution in [3.63, 3.8) is 0 Å². The molecule has 6 nitrogen and oxygen atoms in total. The van der Waals surface area contributed by atoms with Gasteiger partial charge in [-0.05, 0) is 67.9 Å². The van der Waals surface area contributed by atoms with E-state index in [1.807, 2.05) is 29.2 Å². The Hall–Kier alpha value is -2.60. The van der Waals surface area contributed by atoms with Crippen molar-refractivity contribution < 1.29 is 14.0 Å². The number of carbonyl (C=O) groups excluding carboxylic acids is 2. The molecule has 2 atom stereocenters. The molecule has 2 unspecified atom stereocenters. The summed E-state index contributed by atoms with van der Waals surface area (Å²) < 4.78 is 6.06. The Morgan fingerprint density at radius 2 is 1.81 bits per heavy atom. The van der Waals surface area contributed by atoms with Gasteiger partial charge in [0.2, 0.25) is 5.91 Å². The molecule has 1 N–H and O–H groups in total. The SMILES string of the molecule is CC1CC1c1ccc(CN(CC(=O)NCc2ccc(C(=O)N3CCCC3)cc2)C2CC2)o1. The van der Waals surface area contributed by atoms with E-state index in [9.17, 15) is 9.59 Å². The van der Waals surface area contributed by atoms with Crippen LogP contribution in [0.15, 0.2) is 40.8 Å². The number of nitrogens with one attached hydrogen (secondary N) is 1.